The van der Waals surface area contributed by atoms with Crippen LogP contribution in [-0.2, 0) is 0 Å². The van der Waals surface area contributed by atoms with Crippen molar-refractivity contribution in [3.05, 3.63) is 157 Å². The van der Waals surface area contributed by atoms with Gasteiger partial charge in [-0.25, -0.2) is 0 Å². The molecule has 0 aliphatic carbocycles. The van der Waals surface area contributed by atoms with E-state index in [4.69, 9.17) is 15.4 Å². The molecule has 0 saturated carbocycles. The standard InChI is InChI=1S/C42H26O/c1-2-11-30-26-31(25-22-27(30)10-1)28-20-23-29(24-21-28)40-33-13-3-5-15-35(33)41(36-16-6-4-14-34(36)40)38-18-9-17-37-32-12-7-8-19-39(32)43-42(37)38/h1-26H/i3D,4D,5D,6D,7D,8D,12D,13D,14D,15D,16D,19D. The normalized spacial score (nSPS) is 15.6. The fraction of sp³-hybridized carbons (Fsp3) is 0. The molecule has 0 N–H and O–H groups in total. The largest absolute Gasteiger partial charge is 0.455 e. The summed E-state index contributed by atoms with van der Waals surface area (Å²) in [7, 11) is 0. The lowest BCUT2D eigenvalue weighted by Gasteiger charge is -2.18. The van der Waals surface area contributed by atoms with Gasteiger partial charge in [-0.05, 0) is 66.7 Å². The summed E-state index contributed by atoms with van der Waals surface area (Å²) in [4.78, 5) is 0. The minimum Gasteiger partial charge on any atom is -0.455 e. The lowest BCUT2D eigenvalue weighted by atomic mass is 9.85. The smallest absolute Gasteiger partial charge is 0.143 e. The zero-order valence-electron chi connectivity index (χ0n) is 34.5. The first kappa shape index (κ1) is 15.0. The van der Waals surface area contributed by atoms with E-state index in [1.807, 2.05) is 48.5 Å². The molecule has 9 rings (SSSR count). The molecular weight excluding hydrogens is 520 g/mol. The van der Waals surface area contributed by atoms with Gasteiger partial charge >= 0.3 is 0 Å². The Kier molecular flexibility index (Phi) is 3.29. The number of furan rings is 1. The highest BCUT2D eigenvalue weighted by molar-refractivity contribution is 6.24. The fourth-order valence-corrected chi connectivity index (χ4v) is 6.09. The van der Waals surface area contributed by atoms with Crippen LogP contribution in [-0.4, -0.2) is 0 Å². The molecule has 0 radical (unpaired) electrons. The van der Waals surface area contributed by atoms with Crippen LogP contribution in [0.1, 0.15) is 16.4 Å². The second-order valence-electron chi connectivity index (χ2n) is 10.4. The Bertz CT molecular complexity index is 3090. The van der Waals surface area contributed by atoms with E-state index in [1.165, 1.54) is 0 Å². The van der Waals surface area contributed by atoms with Crippen molar-refractivity contribution in [2.45, 2.75) is 0 Å². The summed E-state index contributed by atoms with van der Waals surface area (Å²) in [5.74, 6) is 0. The van der Waals surface area contributed by atoms with Gasteiger partial charge in [0, 0.05) is 21.9 Å². The monoisotopic (exact) mass is 558 g/mol. The Morgan fingerprint density at radius 1 is 0.419 bits per heavy atom. The Balaban J connectivity index is 1.45. The predicted molar refractivity (Wildman–Crippen MR) is 183 cm³/mol. The minimum absolute atomic E-state index is 0.00959. The van der Waals surface area contributed by atoms with Crippen LogP contribution >= 0.6 is 0 Å². The van der Waals surface area contributed by atoms with E-state index in [9.17, 15) is 5.48 Å². The van der Waals surface area contributed by atoms with Gasteiger partial charge in [0.2, 0.25) is 0 Å². The molecule has 0 aliphatic heterocycles. The van der Waals surface area contributed by atoms with Crippen molar-refractivity contribution in [2.24, 2.45) is 0 Å². The van der Waals surface area contributed by atoms with Crippen molar-refractivity contribution in [1.29, 1.82) is 0 Å². The average molecular weight is 559 g/mol. The lowest BCUT2D eigenvalue weighted by molar-refractivity contribution is 0.670. The van der Waals surface area contributed by atoms with Crippen LogP contribution in [0.4, 0.5) is 0 Å². The highest BCUT2D eigenvalue weighted by Crippen LogP contribution is 2.46. The molecule has 0 fully saturated rings. The highest BCUT2D eigenvalue weighted by atomic mass is 16.3. The van der Waals surface area contributed by atoms with Crippen LogP contribution in [0.5, 0.6) is 0 Å². The first-order valence-corrected chi connectivity index (χ1v) is 13.8. The average Bonchev–Trinajstić information content (AvgIpc) is 3.61. The number of para-hydroxylation sites is 2. The van der Waals surface area contributed by atoms with Gasteiger partial charge in [0.05, 0.1) is 16.4 Å². The highest BCUT2D eigenvalue weighted by Gasteiger charge is 2.20. The molecule has 0 spiro atoms. The molecule has 0 saturated heterocycles. The molecule has 43 heavy (non-hydrogen) atoms. The van der Waals surface area contributed by atoms with Gasteiger partial charge in [0.1, 0.15) is 11.2 Å². The summed E-state index contributed by atoms with van der Waals surface area (Å²) in [6.07, 6.45) is 0. The summed E-state index contributed by atoms with van der Waals surface area (Å²) in [5.41, 5.74) is 2.68. The zero-order chi connectivity index (χ0) is 38.8. The fourth-order valence-electron chi connectivity index (χ4n) is 6.09. The van der Waals surface area contributed by atoms with Crippen molar-refractivity contribution < 1.29 is 20.9 Å². The maximum atomic E-state index is 9.30. The Labute approximate surface area is 266 Å². The van der Waals surface area contributed by atoms with Gasteiger partial charge < -0.3 is 4.42 Å². The first-order valence-electron chi connectivity index (χ1n) is 19.8. The third kappa shape index (κ3) is 3.72. The van der Waals surface area contributed by atoms with Crippen molar-refractivity contribution >= 4 is 54.3 Å². The summed E-state index contributed by atoms with van der Waals surface area (Å²) >= 11 is 0. The van der Waals surface area contributed by atoms with Gasteiger partial charge in [-0.3, -0.25) is 0 Å². The van der Waals surface area contributed by atoms with Crippen molar-refractivity contribution in [2.75, 3.05) is 0 Å². The van der Waals surface area contributed by atoms with Crippen LogP contribution < -0.4 is 0 Å². The molecule has 1 aromatic heterocycles. The number of rotatable bonds is 3. The molecule has 0 aliphatic rings. The number of fused-ring (bicyclic) bond motifs is 6. The molecule has 1 heteroatoms. The van der Waals surface area contributed by atoms with E-state index in [-0.39, 0.29) is 60.8 Å². The molecule has 0 unspecified atom stereocenters. The van der Waals surface area contributed by atoms with Crippen LogP contribution in [0.25, 0.3) is 87.6 Å². The lowest BCUT2D eigenvalue weighted by Crippen LogP contribution is -1.91. The third-order valence-electron chi connectivity index (χ3n) is 8.04. The summed E-state index contributed by atoms with van der Waals surface area (Å²) in [6.45, 7) is 0. The first-order chi connectivity index (χ1) is 26.3. The van der Waals surface area contributed by atoms with Gasteiger partial charge in [0.15, 0.2) is 0 Å². The van der Waals surface area contributed by atoms with E-state index in [0.717, 1.165) is 21.9 Å². The van der Waals surface area contributed by atoms with Crippen LogP contribution in [0.2, 0.25) is 0 Å². The molecule has 0 atom stereocenters. The summed E-state index contributed by atoms with van der Waals surface area (Å²) in [5, 5.41) is 2.61. The summed E-state index contributed by atoms with van der Waals surface area (Å²) in [6, 6.07) is 20.7. The second-order valence-corrected chi connectivity index (χ2v) is 10.4. The molecule has 9 aromatic rings. The van der Waals surface area contributed by atoms with E-state index < -0.39 is 66.5 Å². The SMILES string of the molecule is [2H]c1c([2H])c([2H])c2c(oc3c(-c4c5c([2H])c([2H])c([2H])c([2H])c5c(-c5ccc(-c6ccc7ccccc7c6)cc5)c5c([2H])c([2H])c([2H])c([2H])c45)cccc32)c1[2H]. The van der Waals surface area contributed by atoms with Crippen LogP contribution in [0, 0.1) is 0 Å². The predicted octanol–water partition coefficient (Wildman–Crippen LogP) is 12.0. The van der Waals surface area contributed by atoms with Crippen molar-refractivity contribution in [1.82, 2.24) is 0 Å². The number of hydrogen-bond acceptors (Lipinski definition) is 1. The Morgan fingerprint density at radius 2 is 1.00 bits per heavy atom. The maximum Gasteiger partial charge on any atom is 0.143 e. The molecule has 1 heterocycles. The topological polar surface area (TPSA) is 13.1 Å². The Morgan fingerprint density at radius 3 is 1.72 bits per heavy atom. The van der Waals surface area contributed by atoms with Crippen molar-refractivity contribution in [3.8, 4) is 33.4 Å². The van der Waals surface area contributed by atoms with Gasteiger partial charge in [-0.15, -0.1) is 0 Å². The Hall–Kier alpha value is -5.66. The van der Waals surface area contributed by atoms with Gasteiger partial charge in [0.25, 0.3) is 0 Å². The van der Waals surface area contributed by atoms with Gasteiger partial charge in [-0.1, -0.05) is 145 Å². The van der Waals surface area contributed by atoms with E-state index in [0.29, 0.717) is 10.9 Å². The number of benzene rings is 8. The quantitative estimate of drug-likeness (QED) is 0.197. The molecular formula is C42H26O. The van der Waals surface area contributed by atoms with E-state index >= 15 is 0 Å². The minimum atomic E-state index is -0.548. The van der Waals surface area contributed by atoms with E-state index in [2.05, 4.69) is 6.07 Å². The second kappa shape index (κ2) is 9.44. The summed E-state index contributed by atoms with van der Waals surface area (Å²) < 4.78 is 112. The zero-order valence-corrected chi connectivity index (χ0v) is 22.5. The molecule has 1 nitrogen and oxygen atoms in total. The third-order valence-corrected chi connectivity index (χ3v) is 8.04. The molecule has 0 bridgehead atoms. The molecule has 0 amide bonds. The van der Waals surface area contributed by atoms with E-state index in [1.54, 1.807) is 30.3 Å². The van der Waals surface area contributed by atoms with Gasteiger partial charge in [-0.2, -0.15) is 0 Å². The number of hydrogen-bond donors (Lipinski definition) is 0. The molecule has 200 valence electrons. The van der Waals surface area contributed by atoms with Crippen LogP contribution in [0.3, 0.4) is 0 Å². The maximum absolute atomic E-state index is 9.30. The van der Waals surface area contributed by atoms with Crippen molar-refractivity contribution in [3.63, 3.8) is 0 Å². The van der Waals surface area contributed by atoms with Crippen LogP contribution in [0.15, 0.2) is 162 Å². The molecule has 8 aromatic carbocycles.